The van der Waals surface area contributed by atoms with E-state index in [4.69, 9.17) is 4.55 Å². The Hall–Kier alpha value is -0.880. The quantitative estimate of drug-likeness (QED) is 0.500. The van der Waals surface area contributed by atoms with E-state index in [1.807, 2.05) is 0 Å². The molecule has 0 saturated heterocycles. The van der Waals surface area contributed by atoms with Crippen LogP contribution in [0.2, 0.25) is 0 Å². The molecule has 0 aromatic heterocycles. The number of amides is 1. The van der Waals surface area contributed by atoms with Crippen LogP contribution in [0.4, 0.5) is 0 Å². The maximum absolute atomic E-state index is 10.7. The maximum Gasteiger partial charge on any atom is 0.271 e. The molecule has 0 fully saturated rings. The van der Waals surface area contributed by atoms with Crippen LogP contribution in [0.3, 0.4) is 0 Å². The summed E-state index contributed by atoms with van der Waals surface area (Å²) in [5, 5.41) is 2.28. The van der Waals surface area contributed by atoms with E-state index in [1.54, 1.807) is 0 Å². The summed E-state index contributed by atoms with van der Waals surface area (Å²) in [4.78, 5) is 10.7. The lowest BCUT2D eigenvalue weighted by Crippen LogP contribution is -2.43. The molecule has 0 unspecified atom stereocenters. The van der Waals surface area contributed by atoms with Gasteiger partial charge in [-0.15, -0.1) is 0 Å². The van der Waals surface area contributed by atoms with Gasteiger partial charge in [0.1, 0.15) is 4.75 Å². The Bertz CT molecular complexity index is 304. The fraction of sp³-hybridized carbons (Fsp3) is 0.571. The summed E-state index contributed by atoms with van der Waals surface area (Å²) in [6.07, 6.45) is 1.03. The van der Waals surface area contributed by atoms with Crippen molar-refractivity contribution in [3.8, 4) is 0 Å². The summed E-state index contributed by atoms with van der Waals surface area (Å²) in [5.74, 6) is -0.475. The molecule has 0 aromatic rings. The Morgan fingerprint density at radius 3 is 2.38 bits per heavy atom. The normalized spacial score (nSPS) is 12.2. The molecule has 2 N–H and O–H groups in total. The molecule has 76 valence electrons. The van der Waals surface area contributed by atoms with Crippen molar-refractivity contribution < 1.29 is 17.8 Å². The monoisotopic (exact) mass is 207 g/mol. The summed E-state index contributed by atoms with van der Waals surface area (Å²) in [7, 11) is -4.16. The molecule has 0 aromatic carbocycles. The molecule has 5 nitrogen and oxygen atoms in total. The minimum Gasteiger partial charge on any atom is -0.351 e. The van der Waals surface area contributed by atoms with Crippen LogP contribution in [0.15, 0.2) is 12.7 Å². The molecule has 0 aliphatic carbocycles. The lowest BCUT2D eigenvalue weighted by Gasteiger charge is -2.20. The van der Waals surface area contributed by atoms with Gasteiger partial charge >= 0.3 is 0 Å². The first-order valence-corrected chi connectivity index (χ1v) is 5.02. The predicted octanol–water partition coefficient (Wildman–Crippen LogP) is -0.0450. The molecule has 6 heteroatoms. The third-order valence-electron chi connectivity index (χ3n) is 1.57. The van der Waals surface area contributed by atoms with Crippen LogP contribution >= 0.6 is 0 Å². The maximum atomic E-state index is 10.7. The third-order valence-corrected chi connectivity index (χ3v) is 3.11. The molecule has 0 bridgehead atoms. The molecule has 0 rings (SSSR count). The smallest absolute Gasteiger partial charge is 0.271 e. The van der Waals surface area contributed by atoms with Crippen molar-refractivity contribution >= 4 is 16.0 Å². The third kappa shape index (κ3) is 3.56. The van der Waals surface area contributed by atoms with Crippen LogP contribution in [0.5, 0.6) is 0 Å². The van der Waals surface area contributed by atoms with Gasteiger partial charge in [-0.25, -0.2) is 0 Å². The summed E-state index contributed by atoms with van der Waals surface area (Å²) >= 11 is 0. The zero-order valence-electron chi connectivity index (χ0n) is 7.57. The van der Waals surface area contributed by atoms with Gasteiger partial charge in [0, 0.05) is 6.54 Å². The molecule has 13 heavy (non-hydrogen) atoms. The molecule has 0 aliphatic heterocycles. The Labute approximate surface area is 77.6 Å². The van der Waals surface area contributed by atoms with E-state index in [0.717, 1.165) is 6.08 Å². The van der Waals surface area contributed by atoms with E-state index < -0.39 is 20.8 Å². The minimum atomic E-state index is -4.16. The number of rotatable bonds is 4. The Kier molecular flexibility index (Phi) is 3.62. The molecule has 0 aliphatic rings. The fourth-order valence-corrected chi connectivity index (χ4v) is 0.718. The average Bonchev–Trinajstić information content (AvgIpc) is 1.98. The first-order valence-electron chi connectivity index (χ1n) is 3.58. The van der Waals surface area contributed by atoms with Gasteiger partial charge in [0.15, 0.2) is 0 Å². The van der Waals surface area contributed by atoms with E-state index in [-0.39, 0.29) is 6.54 Å². The summed E-state index contributed by atoms with van der Waals surface area (Å²) < 4.78 is 28.8. The van der Waals surface area contributed by atoms with Crippen molar-refractivity contribution in [3.05, 3.63) is 12.7 Å². The lowest BCUT2D eigenvalue weighted by molar-refractivity contribution is -0.116. The van der Waals surface area contributed by atoms with Crippen LogP contribution in [0.25, 0.3) is 0 Å². The molecule has 0 heterocycles. The molecule has 0 saturated carbocycles. The highest BCUT2D eigenvalue weighted by molar-refractivity contribution is 7.87. The second-order valence-corrected chi connectivity index (χ2v) is 5.21. The van der Waals surface area contributed by atoms with Gasteiger partial charge in [-0.1, -0.05) is 6.58 Å². The molecule has 1 amide bonds. The first-order chi connectivity index (χ1) is 5.70. The van der Waals surface area contributed by atoms with Crippen LogP contribution < -0.4 is 5.32 Å². The topological polar surface area (TPSA) is 83.5 Å². The fourth-order valence-electron chi connectivity index (χ4n) is 0.463. The molecule has 0 spiro atoms. The Morgan fingerprint density at radius 1 is 1.62 bits per heavy atom. The van der Waals surface area contributed by atoms with E-state index in [9.17, 15) is 13.2 Å². The van der Waals surface area contributed by atoms with Crippen molar-refractivity contribution in [3.63, 3.8) is 0 Å². The number of hydrogen-bond donors (Lipinski definition) is 2. The molecular weight excluding hydrogens is 194 g/mol. The van der Waals surface area contributed by atoms with Crippen molar-refractivity contribution in [2.45, 2.75) is 18.6 Å². The highest BCUT2D eigenvalue weighted by Crippen LogP contribution is 2.12. The molecule has 0 radical (unpaired) electrons. The van der Waals surface area contributed by atoms with Gasteiger partial charge in [0.2, 0.25) is 5.91 Å². The first kappa shape index (κ1) is 12.1. The Morgan fingerprint density at radius 2 is 2.08 bits per heavy atom. The van der Waals surface area contributed by atoms with Crippen LogP contribution in [0, 0.1) is 0 Å². The summed E-state index contributed by atoms with van der Waals surface area (Å²) in [6, 6.07) is 0. The zero-order chi connectivity index (χ0) is 10.7. The van der Waals surface area contributed by atoms with Gasteiger partial charge in [-0.3, -0.25) is 9.35 Å². The predicted molar refractivity (Wildman–Crippen MR) is 48.8 cm³/mol. The summed E-state index contributed by atoms with van der Waals surface area (Å²) in [6.45, 7) is 5.67. The van der Waals surface area contributed by atoms with E-state index >= 15 is 0 Å². The minimum absolute atomic E-state index is 0.156. The van der Waals surface area contributed by atoms with Crippen LogP contribution in [-0.4, -0.2) is 30.2 Å². The van der Waals surface area contributed by atoms with Crippen LogP contribution in [-0.2, 0) is 14.9 Å². The summed E-state index contributed by atoms with van der Waals surface area (Å²) in [5.41, 5.74) is 0. The number of carbonyl (C=O) groups is 1. The number of nitrogens with one attached hydrogen (secondary N) is 1. The van der Waals surface area contributed by atoms with Crippen molar-refractivity contribution in [2.24, 2.45) is 0 Å². The van der Waals surface area contributed by atoms with E-state index in [1.165, 1.54) is 13.8 Å². The van der Waals surface area contributed by atoms with Gasteiger partial charge in [0.05, 0.1) is 0 Å². The van der Waals surface area contributed by atoms with Crippen LogP contribution in [0.1, 0.15) is 13.8 Å². The van der Waals surface area contributed by atoms with Gasteiger partial charge in [0.25, 0.3) is 10.1 Å². The van der Waals surface area contributed by atoms with Crippen molar-refractivity contribution in [2.75, 3.05) is 6.54 Å². The highest BCUT2D eigenvalue weighted by atomic mass is 32.2. The Balaban J connectivity index is 4.37. The van der Waals surface area contributed by atoms with Crippen molar-refractivity contribution in [1.82, 2.24) is 5.32 Å². The highest BCUT2D eigenvalue weighted by Gasteiger charge is 2.32. The van der Waals surface area contributed by atoms with Crippen molar-refractivity contribution in [1.29, 1.82) is 0 Å². The largest absolute Gasteiger partial charge is 0.351 e. The average molecular weight is 207 g/mol. The van der Waals surface area contributed by atoms with E-state index in [2.05, 4.69) is 11.9 Å². The second kappa shape index (κ2) is 3.89. The number of hydrogen-bond acceptors (Lipinski definition) is 3. The van der Waals surface area contributed by atoms with Gasteiger partial charge in [-0.05, 0) is 19.9 Å². The molecule has 0 atom stereocenters. The SMILES string of the molecule is C=CC(=O)NCC(C)(C)S(=O)(=O)O. The standard InChI is InChI=1S/C7H13NO4S/c1-4-6(9)8-5-7(2,3)13(10,11)12/h4H,1,5H2,2-3H3,(H,8,9)(H,10,11,12). The van der Waals surface area contributed by atoms with Gasteiger partial charge in [-0.2, -0.15) is 8.42 Å². The number of carbonyl (C=O) groups excluding carboxylic acids is 1. The lowest BCUT2D eigenvalue weighted by atomic mass is 10.2. The van der Waals surface area contributed by atoms with Gasteiger partial charge < -0.3 is 5.32 Å². The second-order valence-electron chi connectivity index (χ2n) is 3.16. The van der Waals surface area contributed by atoms with E-state index in [0.29, 0.717) is 0 Å². The zero-order valence-corrected chi connectivity index (χ0v) is 8.39. The molecular formula is C7H13NO4S.